The van der Waals surface area contributed by atoms with Gasteiger partial charge in [0.15, 0.2) is 0 Å². The van der Waals surface area contributed by atoms with Crippen molar-refractivity contribution in [2.45, 2.75) is 87.8 Å². The molecular formula is C51H51F3N6O8. The lowest BCUT2D eigenvalue weighted by molar-refractivity contribution is -0.142. The number of carboxylic acids is 1. The van der Waals surface area contributed by atoms with Crippen molar-refractivity contribution in [3.63, 3.8) is 0 Å². The summed E-state index contributed by atoms with van der Waals surface area (Å²) in [4.78, 5) is 96.4. The molecule has 0 aromatic heterocycles. The van der Waals surface area contributed by atoms with Crippen molar-refractivity contribution in [1.29, 1.82) is 0 Å². The Labute approximate surface area is 390 Å². The maximum absolute atomic E-state index is 14.6. The average Bonchev–Trinajstić information content (AvgIpc) is 3.32. The van der Waals surface area contributed by atoms with Crippen LogP contribution in [0.25, 0.3) is 0 Å². The lowest BCUT2D eigenvalue weighted by Crippen LogP contribution is -2.60. The minimum absolute atomic E-state index is 0.0469. The molecule has 0 saturated heterocycles. The van der Waals surface area contributed by atoms with Crippen LogP contribution < -0.4 is 31.9 Å². The van der Waals surface area contributed by atoms with Gasteiger partial charge in [0, 0.05) is 44.2 Å². The van der Waals surface area contributed by atoms with Gasteiger partial charge in [-0.3, -0.25) is 28.8 Å². The zero-order valence-corrected chi connectivity index (χ0v) is 36.8. The van der Waals surface area contributed by atoms with Crippen molar-refractivity contribution in [1.82, 2.24) is 26.6 Å². The first-order valence-electron chi connectivity index (χ1n) is 22.0. The summed E-state index contributed by atoms with van der Waals surface area (Å²) in [5, 5.41) is 26.1. The van der Waals surface area contributed by atoms with Crippen LogP contribution in [0.15, 0.2) is 140 Å². The van der Waals surface area contributed by atoms with Gasteiger partial charge < -0.3 is 37.0 Å². The standard InChI is InChI=1S/C51H51F3N6O8/c52-51(53,54)37-21-16-35(17-22-37)29-41-48(65)58-40(28-33-12-6-2-7-13-33)47(64)59-42(49(66)60-43(50(67)68)31-34-14-8-3-9-15-34)30-36-18-23-38(24-19-36)55-44(61)26-27-45(62)56-39(46(63)57-41)25-20-32-10-4-1-5-11-32/h1-19,21-24,39-43H,20,25-31H2,(H,55,61)(H,56,62)(H,57,63)(H,58,65)(H,59,64)(H,60,66)(H,67,68)/t39-,40-,41+,42+,43-/m1/s1. The van der Waals surface area contributed by atoms with Gasteiger partial charge in [-0.25, -0.2) is 4.79 Å². The van der Waals surface area contributed by atoms with E-state index in [-0.39, 0.29) is 50.5 Å². The molecule has 5 aromatic rings. The minimum atomic E-state index is -4.65. The molecule has 7 N–H and O–H groups in total. The zero-order valence-electron chi connectivity index (χ0n) is 36.8. The fourth-order valence-corrected chi connectivity index (χ4v) is 7.58. The lowest BCUT2D eigenvalue weighted by Gasteiger charge is -2.27. The summed E-state index contributed by atoms with van der Waals surface area (Å²) in [6.45, 7) is 0. The Bertz CT molecular complexity index is 2530. The first kappa shape index (κ1) is 49.6. The lowest BCUT2D eigenvalue weighted by atomic mass is 9.99. The third-order valence-electron chi connectivity index (χ3n) is 11.3. The van der Waals surface area contributed by atoms with E-state index in [2.05, 4.69) is 31.9 Å². The number of rotatable bonds is 12. The highest BCUT2D eigenvalue weighted by molar-refractivity contribution is 5.97. The maximum atomic E-state index is 14.6. The second kappa shape index (κ2) is 23.6. The van der Waals surface area contributed by atoms with Crippen LogP contribution in [0, 0.1) is 0 Å². The van der Waals surface area contributed by atoms with Crippen LogP contribution in [0.3, 0.4) is 0 Å². The van der Waals surface area contributed by atoms with Crippen molar-refractivity contribution in [3.05, 3.63) is 173 Å². The van der Waals surface area contributed by atoms with Crippen molar-refractivity contribution in [2.75, 3.05) is 5.32 Å². The van der Waals surface area contributed by atoms with E-state index in [4.69, 9.17) is 0 Å². The van der Waals surface area contributed by atoms with E-state index >= 15 is 0 Å². The quantitative estimate of drug-likeness (QED) is 0.0858. The van der Waals surface area contributed by atoms with Crippen molar-refractivity contribution in [2.24, 2.45) is 0 Å². The highest BCUT2D eigenvalue weighted by atomic mass is 19.4. The third-order valence-corrected chi connectivity index (χ3v) is 11.3. The van der Waals surface area contributed by atoms with E-state index in [0.29, 0.717) is 28.8 Å². The summed E-state index contributed by atoms with van der Waals surface area (Å²) >= 11 is 0. The van der Waals surface area contributed by atoms with E-state index in [1.807, 2.05) is 18.2 Å². The molecule has 5 atom stereocenters. The van der Waals surface area contributed by atoms with Crippen LogP contribution in [0.2, 0.25) is 0 Å². The summed E-state index contributed by atoms with van der Waals surface area (Å²) in [5.74, 6) is -5.95. The summed E-state index contributed by atoms with van der Waals surface area (Å²) in [7, 11) is 0. The Morgan fingerprint density at radius 2 is 1.09 bits per heavy atom. The Balaban J connectivity index is 1.37. The molecule has 0 spiro atoms. The molecule has 0 radical (unpaired) electrons. The van der Waals surface area contributed by atoms with Crippen molar-refractivity contribution >= 4 is 47.1 Å². The Kier molecular flexibility index (Phi) is 17.2. The van der Waals surface area contributed by atoms with Crippen LogP contribution in [-0.4, -0.2) is 76.7 Å². The third kappa shape index (κ3) is 15.1. The Morgan fingerprint density at radius 3 is 1.65 bits per heavy atom. The minimum Gasteiger partial charge on any atom is -0.480 e. The molecule has 2 aliphatic rings. The summed E-state index contributed by atoms with van der Waals surface area (Å²) in [6, 6.07) is 29.5. The normalized spacial score (nSPS) is 19.2. The molecule has 0 unspecified atom stereocenters. The van der Waals surface area contributed by atoms with Crippen molar-refractivity contribution < 1.29 is 51.8 Å². The van der Waals surface area contributed by atoms with Gasteiger partial charge in [-0.05, 0) is 64.9 Å². The maximum Gasteiger partial charge on any atom is 0.416 e. The number of hydrogen-bond acceptors (Lipinski definition) is 7. The van der Waals surface area contributed by atoms with E-state index in [0.717, 1.165) is 29.8 Å². The molecule has 0 saturated carbocycles. The second-order valence-electron chi connectivity index (χ2n) is 16.5. The predicted molar refractivity (Wildman–Crippen MR) is 246 cm³/mol. The summed E-state index contributed by atoms with van der Waals surface area (Å²) < 4.78 is 40.7. The molecule has 6 amide bonds. The number of benzene rings is 5. The van der Waals surface area contributed by atoms with E-state index < -0.39 is 83.4 Å². The van der Waals surface area contributed by atoms with Gasteiger partial charge in [0.25, 0.3) is 0 Å². The Hall–Kier alpha value is -7.82. The molecule has 7 rings (SSSR count). The van der Waals surface area contributed by atoms with Crippen molar-refractivity contribution in [3.8, 4) is 0 Å². The van der Waals surface area contributed by atoms with Crippen LogP contribution in [0.4, 0.5) is 18.9 Å². The van der Waals surface area contributed by atoms with Gasteiger partial charge in [-0.15, -0.1) is 0 Å². The molecular weight excluding hydrogens is 882 g/mol. The molecule has 68 heavy (non-hydrogen) atoms. The van der Waals surface area contributed by atoms with E-state index in [1.54, 1.807) is 97.1 Å². The number of anilines is 1. The smallest absolute Gasteiger partial charge is 0.416 e. The predicted octanol–water partition coefficient (Wildman–Crippen LogP) is 4.85. The van der Waals surface area contributed by atoms with E-state index in [1.165, 1.54) is 0 Å². The molecule has 354 valence electrons. The van der Waals surface area contributed by atoms with Gasteiger partial charge in [-0.1, -0.05) is 115 Å². The average molecular weight is 933 g/mol. The van der Waals surface area contributed by atoms with Crippen LogP contribution in [-0.2, 0) is 71.8 Å². The van der Waals surface area contributed by atoms with Crippen LogP contribution in [0.1, 0.15) is 52.6 Å². The van der Waals surface area contributed by atoms with Crippen LogP contribution >= 0.6 is 0 Å². The fourth-order valence-electron chi connectivity index (χ4n) is 7.58. The highest BCUT2D eigenvalue weighted by Crippen LogP contribution is 2.29. The number of halogens is 3. The SMILES string of the molecule is O=C1CCC(=O)N[C@H](CCc2ccccc2)C(=O)N[C@@H](Cc2ccc(C(F)(F)F)cc2)C(=O)N[C@H](Cc2ccccc2)C(=O)N[C@H](C(=O)N[C@H](Cc2ccccc2)C(=O)O)Cc2ccc(cc2)N1. The number of nitrogens with one attached hydrogen (secondary N) is 6. The zero-order chi connectivity index (χ0) is 48.6. The summed E-state index contributed by atoms with van der Waals surface area (Å²) in [5.41, 5.74) is 2.16. The van der Waals surface area contributed by atoms with Gasteiger partial charge >= 0.3 is 12.1 Å². The molecule has 5 aromatic carbocycles. The molecule has 2 heterocycles. The monoisotopic (exact) mass is 932 g/mol. The topological polar surface area (TPSA) is 212 Å². The number of carbonyl (C=O) groups is 7. The molecule has 17 heteroatoms. The molecule has 0 aliphatic carbocycles. The number of fused-ring (bicyclic) bond motifs is 18. The molecule has 2 aliphatic heterocycles. The molecule has 14 nitrogen and oxygen atoms in total. The molecule has 0 fully saturated rings. The number of carbonyl (C=O) groups excluding carboxylic acids is 6. The highest BCUT2D eigenvalue weighted by Gasteiger charge is 2.34. The number of hydrogen-bond donors (Lipinski definition) is 7. The fraction of sp³-hybridized carbons (Fsp3) is 0.275. The Morgan fingerprint density at radius 1 is 0.588 bits per heavy atom. The first-order chi connectivity index (χ1) is 32.6. The number of aliphatic carboxylic acids is 1. The van der Waals surface area contributed by atoms with Gasteiger partial charge in [0.2, 0.25) is 35.4 Å². The largest absolute Gasteiger partial charge is 0.480 e. The number of aryl methyl sites for hydroxylation is 1. The second-order valence-corrected chi connectivity index (χ2v) is 16.5. The van der Waals surface area contributed by atoms with E-state index in [9.17, 15) is 51.8 Å². The number of carboxylic acid groups (broad SMARTS) is 1. The van der Waals surface area contributed by atoms with Crippen LogP contribution in [0.5, 0.6) is 0 Å². The van der Waals surface area contributed by atoms with Gasteiger partial charge in [0.05, 0.1) is 5.56 Å². The number of alkyl halides is 3. The first-order valence-corrected chi connectivity index (χ1v) is 22.0. The van der Waals surface area contributed by atoms with Gasteiger partial charge in [-0.2, -0.15) is 13.2 Å². The van der Waals surface area contributed by atoms with Gasteiger partial charge in [0.1, 0.15) is 30.2 Å². The molecule has 2 bridgehead atoms. The summed E-state index contributed by atoms with van der Waals surface area (Å²) in [6.07, 6.45) is -5.64. The number of amides is 6.